The number of nitrogen functional groups attached to an aromatic ring is 1. The number of nitrogens with two attached hydrogens (primary N) is 1. The van der Waals surface area contributed by atoms with Gasteiger partial charge in [0.1, 0.15) is 0 Å². The van der Waals surface area contributed by atoms with E-state index in [2.05, 4.69) is 5.32 Å². The lowest BCUT2D eigenvalue weighted by atomic mass is 10.1. The third-order valence-corrected chi connectivity index (χ3v) is 2.65. The first-order chi connectivity index (χ1) is 9.20. The molecule has 0 unspecified atom stereocenters. The molecule has 7 heteroatoms. The molecule has 0 atom stereocenters. The Labute approximate surface area is 115 Å². The number of benzene rings is 1. The summed E-state index contributed by atoms with van der Waals surface area (Å²) in [6.45, 7) is 0.739. The fourth-order valence-electron chi connectivity index (χ4n) is 1.66. The van der Waals surface area contributed by atoms with Gasteiger partial charge in [-0.15, -0.1) is 0 Å². The van der Waals surface area contributed by atoms with Crippen LogP contribution in [0.25, 0.3) is 0 Å². The first-order valence-electron chi connectivity index (χ1n) is 6.11. The van der Waals surface area contributed by atoms with Gasteiger partial charge in [0, 0.05) is 17.8 Å². The van der Waals surface area contributed by atoms with Crippen molar-refractivity contribution >= 4 is 17.3 Å². The summed E-state index contributed by atoms with van der Waals surface area (Å²) in [5.41, 5.74) is 4.08. The highest BCUT2D eigenvalue weighted by Crippen LogP contribution is 2.35. The molecule has 0 saturated carbocycles. The first kappa shape index (κ1) is 16.3. The third kappa shape index (κ3) is 5.08. The second-order valence-electron chi connectivity index (χ2n) is 4.75. The van der Waals surface area contributed by atoms with E-state index in [1.54, 1.807) is 0 Å². The lowest BCUT2D eigenvalue weighted by Crippen LogP contribution is -2.17. The molecule has 112 valence electrons. The van der Waals surface area contributed by atoms with E-state index in [0.717, 1.165) is 18.7 Å². The number of hydrogen-bond acceptors (Lipinski definition) is 3. The molecule has 3 N–H and O–H groups in total. The largest absolute Gasteiger partial charge is 0.418 e. The number of hydrogen-bond donors (Lipinski definition) is 2. The number of carbonyl (C=O) groups excluding carboxylic acids is 1. The van der Waals surface area contributed by atoms with Gasteiger partial charge in [0.25, 0.3) is 0 Å². The molecule has 0 aliphatic heterocycles. The van der Waals surface area contributed by atoms with E-state index in [-0.39, 0.29) is 23.7 Å². The molecule has 1 amide bonds. The summed E-state index contributed by atoms with van der Waals surface area (Å²) in [6.07, 6.45) is -3.64. The van der Waals surface area contributed by atoms with Crippen LogP contribution in [0.4, 0.5) is 24.5 Å². The second-order valence-corrected chi connectivity index (χ2v) is 4.75. The Bertz CT molecular complexity index is 472. The van der Waals surface area contributed by atoms with Crippen LogP contribution in [0.15, 0.2) is 18.2 Å². The van der Waals surface area contributed by atoms with Crippen LogP contribution in [-0.2, 0) is 11.0 Å². The highest BCUT2D eigenvalue weighted by atomic mass is 19.4. The van der Waals surface area contributed by atoms with Crippen LogP contribution < -0.4 is 11.1 Å². The Balaban J connectivity index is 2.67. The lowest BCUT2D eigenvalue weighted by Gasteiger charge is -2.13. The Morgan fingerprint density at radius 1 is 1.35 bits per heavy atom. The Kier molecular flexibility index (Phi) is 5.38. The maximum absolute atomic E-state index is 12.7. The summed E-state index contributed by atoms with van der Waals surface area (Å²) in [6, 6.07) is 3.34. The van der Waals surface area contributed by atoms with Crippen LogP contribution in [0.1, 0.15) is 18.4 Å². The Morgan fingerprint density at radius 3 is 2.55 bits per heavy atom. The molecular formula is C13H18F3N3O. The number of alkyl halides is 3. The highest BCUT2D eigenvalue weighted by Gasteiger charge is 2.33. The zero-order valence-electron chi connectivity index (χ0n) is 11.4. The fourth-order valence-corrected chi connectivity index (χ4v) is 1.66. The van der Waals surface area contributed by atoms with Crippen LogP contribution in [0, 0.1) is 0 Å². The molecule has 4 nitrogen and oxygen atoms in total. The van der Waals surface area contributed by atoms with E-state index >= 15 is 0 Å². The van der Waals surface area contributed by atoms with Gasteiger partial charge in [-0.05, 0) is 45.3 Å². The lowest BCUT2D eigenvalue weighted by molar-refractivity contribution is -0.136. The number of nitrogens with one attached hydrogen (secondary N) is 1. The number of halogens is 3. The van der Waals surface area contributed by atoms with Gasteiger partial charge in [-0.1, -0.05) is 0 Å². The number of rotatable bonds is 5. The molecule has 0 aliphatic carbocycles. The topological polar surface area (TPSA) is 58.4 Å². The van der Waals surface area contributed by atoms with Crippen molar-refractivity contribution in [3.63, 3.8) is 0 Å². The van der Waals surface area contributed by atoms with Gasteiger partial charge in [0.2, 0.25) is 5.91 Å². The van der Waals surface area contributed by atoms with Gasteiger partial charge in [-0.2, -0.15) is 13.2 Å². The minimum Gasteiger partial charge on any atom is -0.398 e. The Morgan fingerprint density at radius 2 is 2.00 bits per heavy atom. The number of anilines is 2. The molecule has 0 aromatic heterocycles. The van der Waals surface area contributed by atoms with E-state index in [1.165, 1.54) is 6.07 Å². The molecule has 20 heavy (non-hydrogen) atoms. The summed E-state index contributed by atoms with van der Waals surface area (Å²) in [5, 5.41) is 2.44. The summed E-state index contributed by atoms with van der Waals surface area (Å²) in [7, 11) is 3.76. The van der Waals surface area contributed by atoms with Crippen LogP contribution in [0.5, 0.6) is 0 Å². The monoisotopic (exact) mass is 289 g/mol. The molecule has 0 spiro atoms. The summed E-state index contributed by atoms with van der Waals surface area (Å²) in [5.74, 6) is -0.315. The molecule has 0 bridgehead atoms. The van der Waals surface area contributed by atoms with E-state index in [9.17, 15) is 18.0 Å². The van der Waals surface area contributed by atoms with Gasteiger partial charge in [-0.25, -0.2) is 0 Å². The number of nitrogens with zero attached hydrogens (tertiary/aromatic N) is 1. The standard InChI is InChI=1S/C13H18F3N3O/c1-19(2)7-3-4-12(20)18-9-5-6-11(17)10(8-9)13(14,15)16/h5-6,8H,3-4,7,17H2,1-2H3,(H,18,20). The van der Waals surface area contributed by atoms with Crippen LogP contribution >= 0.6 is 0 Å². The average molecular weight is 289 g/mol. The van der Waals surface area contributed by atoms with Crippen molar-refractivity contribution < 1.29 is 18.0 Å². The van der Waals surface area contributed by atoms with Gasteiger partial charge in [0.15, 0.2) is 0 Å². The maximum atomic E-state index is 12.7. The Hall–Kier alpha value is -1.76. The second kappa shape index (κ2) is 6.60. The minimum atomic E-state index is -4.53. The fraction of sp³-hybridized carbons (Fsp3) is 0.462. The van der Waals surface area contributed by atoms with Crippen molar-refractivity contribution in [2.24, 2.45) is 0 Å². The molecule has 0 heterocycles. The molecule has 0 aliphatic rings. The molecule has 1 rings (SSSR count). The van der Waals surface area contributed by atoms with Gasteiger partial charge in [0.05, 0.1) is 5.56 Å². The molecule has 0 saturated heterocycles. The van der Waals surface area contributed by atoms with Gasteiger partial charge in [-0.3, -0.25) is 4.79 Å². The molecule has 0 radical (unpaired) electrons. The normalized spacial score (nSPS) is 11.7. The molecule has 1 aromatic rings. The van der Waals surface area contributed by atoms with Crippen molar-refractivity contribution in [3.05, 3.63) is 23.8 Å². The van der Waals surface area contributed by atoms with Crippen LogP contribution in [0.2, 0.25) is 0 Å². The first-order valence-corrected chi connectivity index (χ1v) is 6.11. The van der Waals surface area contributed by atoms with Crippen LogP contribution in [-0.4, -0.2) is 31.4 Å². The van der Waals surface area contributed by atoms with Crippen LogP contribution in [0.3, 0.4) is 0 Å². The average Bonchev–Trinajstić information content (AvgIpc) is 2.29. The van der Waals surface area contributed by atoms with Gasteiger partial charge < -0.3 is 16.0 Å². The van der Waals surface area contributed by atoms with Crippen molar-refractivity contribution in [3.8, 4) is 0 Å². The van der Waals surface area contributed by atoms with E-state index in [0.29, 0.717) is 6.42 Å². The van der Waals surface area contributed by atoms with Gasteiger partial charge >= 0.3 is 6.18 Å². The minimum absolute atomic E-state index is 0.0985. The summed E-state index contributed by atoms with van der Waals surface area (Å²) < 4.78 is 38.0. The highest BCUT2D eigenvalue weighted by molar-refractivity contribution is 5.91. The number of carbonyl (C=O) groups is 1. The smallest absolute Gasteiger partial charge is 0.398 e. The third-order valence-electron chi connectivity index (χ3n) is 2.65. The maximum Gasteiger partial charge on any atom is 0.418 e. The summed E-state index contributed by atoms with van der Waals surface area (Å²) >= 11 is 0. The predicted molar refractivity (Wildman–Crippen MR) is 72.3 cm³/mol. The SMILES string of the molecule is CN(C)CCCC(=O)Nc1ccc(N)c(C(F)(F)F)c1. The van der Waals surface area contributed by atoms with E-state index in [1.807, 2.05) is 19.0 Å². The van der Waals surface area contributed by atoms with Crippen molar-refractivity contribution in [2.45, 2.75) is 19.0 Å². The van der Waals surface area contributed by atoms with E-state index in [4.69, 9.17) is 5.73 Å². The van der Waals surface area contributed by atoms with E-state index < -0.39 is 11.7 Å². The summed E-state index contributed by atoms with van der Waals surface area (Å²) in [4.78, 5) is 13.5. The number of amides is 1. The zero-order valence-corrected chi connectivity index (χ0v) is 11.4. The molecular weight excluding hydrogens is 271 g/mol. The van der Waals surface area contributed by atoms with Crippen molar-refractivity contribution in [2.75, 3.05) is 31.7 Å². The zero-order chi connectivity index (χ0) is 15.3. The quantitative estimate of drug-likeness (QED) is 0.819. The molecule has 1 aromatic carbocycles. The predicted octanol–water partition coefficient (Wildman–Crippen LogP) is 2.57. The molecule has 0 fully saturated rings. The van der Waals surface area contributed by atoms with Crippen molar-refractivity contribution in [1.29, 1.82) is 0 Å². The van der Waals surface area contributed by atoms with Crippen molar-refractivity contribution in [1.82, 2.24) is 4.90 Å².